The summed E-state index contributed by atoms with van der Waals surface area (Å²) in [6, 6.07) is 5.13. The summed E-state index contributed by atoms with van der Waals surface area (Å²) in [5.74, 6) is -0.0831. The molecular weight excluding hydrogens is 242 g/mol. The molecule has 0 aromatic heterocycles. The highest BCUT2D eigenvalue weighted by Crippen LogP contribution is 2.21. The van der Waals surface area contributed by atoms with Gasteiger partial charge in [-0.05, 0) is 44.9 Å². The lowest BCUT2D eigenvalue weighted by Crippen LogP contribution is -2.38. The smallest absolute Gasteiger partial charge is 0.242 e. The molecule has 0 spiro atoms. The molecular formula is C14H19N3O2. The fraction of sp³-hybridized carbons (Fsp3) is 0.429. The van der Waals surface area contributed by atoms with Gasteiger partial charge >= 0.3 is 0 Å². The zero-order chi connectivity index (χ0) is 14.0. The third-order valence-corrected chi connectivity index (χ3v) is 3.13. The lowest BCUT2D eigenvalue weighted by atomic mass is 10.1. The van der Waals surface area contributed by atoms with Crippen molar-refractivity contribution in [2.24, 2.45) is 0 Å². The summed E-state index contributed by atoms with van der Waals surface area (Å²) in [7, 11) is 0. The first-order valence-electron chi connectivity index (χ1n) is 6.44. The Bertz CT molecular complexity index is 509. The molecule has 102 valence electrons. The van der Waals surface area contributed by atoms with Gasteiger partial charge < -0.3 is 16.4 Å². The van der Waals surface area contributed by atoms with Crippen LogP contribution in [0.4, 0.5) is 11.4 Å². The fourth-order valence-corrected chi connectivity index (χ4v) is 1.84. The second-order valence-corrected chi connectivity index (χ2v) is 5.01. The topological polar surface area (TPSA) is 84.2 Å². The molecule has 5 nitrogen and oxygen atoms in total. The number of carbonyl (C=O) groups is 2. The Labute approximate surface area is 112 Å². The van der Waals surface area contributed by atoms with Crippen LogP contribution in [0.5, 0.6) is 0 Å². The lowest BCUT2D eigenvalue weighted by molar-refractivity contribution is -0.121. The van der Waals surface area contributed by atoms with Gasteiger partial charge in [-0.25, -0.2) is 0 Å². The van der Waals surface area contributed by atoms with Crippen molar-refractivity contribution in [2.75, 3.05) is 11.1 Å². The molecule has 19 heavy (non-hydrogen) atoms. The van der Waals surface area contributed by atoms with Crippen molar-refractivity contribution in [3.05, 3.63) is 23.8 Å². The molecule has 0 bridgehead atoms. The largest absolute Gasteiger partial charge is 0.398 e. The number of rotatable bonds is 5. The molecule has 1 unspecified atom stereocenters. The van der Waals surface area contributed by atoms with Crippen LogP contribution in [0.2, 0.25) is 0 Å². The molecule has 1 atom stereocenters. The highest BCUT2D eigenvalue weighted by molar-refractivity contribution is 5.99. The number of nitrogens with two attached hydrogens (primary N) is 1. The molecule has 5 heteroatoms. The Morgan fingerprint density at radius 3 is 2.58 bits per heavy atom. The SMILES string of the molecule is CC(=O)c1ccc(NC(C)C(=O)NC2CC2)cc1N. The normalized spacial score (nSPS) is 15.7. The average Bonchev–Trinajstić information content (AvgIpc) is 3.12. The molecule has 0 aliphatic heterocycles. The number of Topliss-reactive ketones (excluding diaryl/α,β-unsaturated/α-hetero) is 1. The summed E-state index contributed by atoms with van der Waals surface area (Å²) in [4.78, 5) is 23.1. The Morgan fingerprint density at radius 2 is 2.05 bits per heavy atom. The van der Waals surface area contributed by atoms with E-state index in [1.54, 1.807) is 25.1 Å². The first kappa shape index (κ1) is 13.4. The first-order chi connectivity index (χ1) is 8.97. The Hall–Kier alpha value is -2.04. The van der Waals surface area contributed by atoms with Crippen LogP contribution in [0.25, 0.3) is 0 Å². The minimum atomic E-state index is -0.330. The number of hydrogen-bond donors (Lipinski definition) is 3. The first-order valence-corrected chi connectivity index (χ1v) is 6.44. The molecule has 1 aliphatic rings. The van der Waals surface area contributed by atoms with Gasteiger partial charge in [0, 0.05) is 23.0 Å². The van der Waals surface area contributed by atoms with E-state index in [1.807, 2.05) is 0 Å². The van der Waals surface area contributed by atoms with Crippen molar-refractivity contribution in [2.45, 2.75) is 38.8 Å². The quantitative estimate of drug-likeness (QED) is 0.554. The minimum Gasteiger partial charge on any atom is -0.398 e. The Kier molecular flexibility index (Phi) is 3.74. The number of amides is 1. The van der Waals surface area contributed by atoms with Crippen molar-refractivity contribution in [1.82, 2.24) is 5.32 Å². The number of ketones is 1. The molecule has 1 saturated carbocycles. The second kappa shape index (κ2) is 5.30. The monoisotopic (exact) mass is 261 g/mol. The van der Waals surface area contributed by atoms with Crippen molar-refractivity contribution in [1.29, 1.82) is 0 Å². The molecule has 0 heterocycles. The summed E-state index contributed by atoms with van der Waals surface area (Å²) in [6.45, 7) is 3.28. The van der Waals surface area contributed by atoms with E-state index in [0.29, 0.717) is 17.3 Å². The summed E-state index contributed by atoms with van der Waals surface area (Å²) >= 11 is 0. The fourth-order valence-electron chi connectivity index (χ4n) is 1.84. The van der Waals surface area contributed by atoms with E-state index >= 15 is 0 Å². The number of hydrogen-bond acceptors (Lipinski definition) is 4. The van der Waals surface area contributed by atoms with Crippen LogP contribution in [0.1, 0.15) is 37.0 Å². The van der Waals surface area contributed by atoms with Crippen LogP contribution < -0.4 is 16.4 Å². The zero-order valence-electron chi connectivity index (χ0n) is 11.2. The van der Waals surface area contributed by atoms with Gasteiger partial charge in [0.25, 0.3) is 0 Å². The van der Waals surface area contributed by atoms with E-state index in [0.717, 1.165) is 18.5 Å². The van der Waals surface area contributed by atoms with Gasteiger partial charge in [-0.15, -0.1) is 0 Å². The molecule has 1 aliphatic carbocycles. The highest BCUT2D eigenvalue weighted by atomic mass is 16.2. The van der Waals surface area contributed by atoms with E-state index in [1.165, 1.54) is 6.92 Å². The molecule has 0 radical (unpaired) electrons. The van der Waals surface area contributed by atoms with E-state index in [2.05, 4.69) is 10.6 Å². The van der Waals surface area contributed by atoms with E-state index in [9.17, 15) is 9.59 Å². The highest BCUT2D eigenvalue weighted by Gasteiger charge is 2.25. The number of anilines is 2. The van der Waals surface area contributed by atoms with Gasteiger partial charge in [0.2, 0.25) is 5.91 Å². The van der Waals surface area contributed by atoms with Crippen LogP contribution in [-0.2, 0) is 4.79 Å². The number of carbonyl (C=O) groups excluding carboxylic acids is 2. The van der Waals surface area contributed by atoms with Gasteiger partial charge in [-0.3, -0.25) is 9.59 Å². The maximum absolute atomic E-state index is 11.8. The molecule has 1 aromatic rings. The second-order valence-electron chi connectivity index (χ2n) is 5.01. The molecule has 2 rings (SSSR count). The van der Waals surface area contributed by atoms with Crippen LogP contribution in [0, 0.1) is 0 Å². The predicted molar refractivity (Wildman–Crippen MR) is 75.1 cm³/mol. The molecule has 4 N–H and O–H groups in total. The maximum atomic E-state index is 11.8. The van der Waals surface area contributed by atoms with Crippen molar-refractivity contribution < 1.29 is 9.59 Å². The Balaban J connectivity index is 1.99. The van der Waals surface area contributed by atoms with Crippen molar-refractivity contribution in [3.63, 3.8) is 0 Å². The molecule has 0 saturated heterocycles. The van der Waals surface area contributed by atoms with Crippen molar-refractivity contribution in [3.8, 4) is 0 Å². The summed E-state index contributed by atoms with van der Waals surface area (Å²) < 4.78 is 0. The van der Waals surface area contributed by atoms with Gasteiger partial charge in [-0.2, -0.15) is 0 Å². The number of benzene rings is 1. The third kappa shape index (κ3) is 3.47. The van der Waals surface area contributed by atoms with Gasteiger partial charge in [0.15, 0.2) is 5.78 Å². The van der Waals surface area contributed by atoms with Gasteiger partial charge in [0.1, 0.15) is 6.04 Å². The number of nitrogen functional groups attached to an aromatic ring is 1. The molecule has 1 fully saturated rings. The summed E-state index contributed by atoms with van der Waals surface area (Å²) in [5.41, 5.74) is 7.46. The third-order valence-electron chi connectivity index (χ3n) is 3.13. The predicted octanol–water partition coefficient (Wildman–Crippen LogP) is 1.55. The van der Waals surface area contributed by atoms with Crippen LogP contribution in [-0.4, -0.2) is 23.8 Å². The van der Waals surface area contributed by atoms with Crippen LogP contribution in [0.3, 0.4) is 0 Å². The van der Waals surface area contributed by atoms with E-state index in [4.69, 9.17) is 5.73 Å². The van der Waals surface area contributed by atoms with Crippen molar-refractivity contribution >= 4 is 23.1 Å². The average molecular weight is 261 g/mol. The van der Waals surface area contributed by atoms with Gasteiger partial charge in [0.05, 0.1) is 0 Å². The van der Waals surface area contributed by atoms with E-state index < -0.39 is 0 Å². The zero-order valence-corrected chi connectivity index (χ0v) is 11.2. The van der Waals surface area contributed by atoms with Gasteiger partial charge in [-0.1, -0.05) is 0 Å². The summed E-state index contributed by atoms with van der Waals surface area (Å²) in [5, 5.41) is 6.01. The molecule has 1 aromatic carbocycles. The van der Waals surface area contributed by atoms with E-state index in [-0.39, 0.29) is 17.7 Å². The maximum Gasteiger partial charge on any atom is 0.242 e. The molecule has 1 amide bonds. The lowest BCUT2D eigenvalue weighted by Gasteiger charge is -2.16. The number of nitrogens with one attached hydrogen (secondary N) is 2. The standard InChI is InChI=1S/C14H19N3O2/c1-8(14(19)17-10-3-4-10)16-11-5-6-12(9(2)18)13(15)7-11/h5-8,10,16H,3-4,15H2,1-2H3,(H,17,19). The van der Waals surface area contributed by atoms with Crippen LogP contribution >= 0.6 is 0 Å². The minimum absolute atomic E-state index is 0.0169. The summed E-state index contributed by atoms with van der Waals surface area (Å²) in [6.07, 6.45) is 2.14. The Morgan fingerprint density at radius 1 is 1.37 bits per heavy atom. The van der Waals surface area contributed by atoms with Crippen LogP contribution in [0.15, 0.2) is 18.2 Å².